The normalized spacial score (nSPS) is 21.8. The largest absolute Gasteiger partial charge is 0.403 e. The number of nitrogens with one attached hydrogen (secondary N) is 1. The molecule has 1 aliphatic heterocycles. The molecule has 1 aliphatic carbocycles. The van der Waals surface area contributed by atoms with E-state index < -0.39 is 0 Å². The second kappa shape index (κ2) is 7.89. The zero-order valence-electron chi connectivity index (χ0n) is 13.8. The Morgan fingerprint density at radius 1 is 1.50 bits per heavy atom. The molecule has 0 aromatic rings. The first-order valence-corrected chi connectivity index (χ1v) is 8.50. The molecule has 0 atom stereocenters. The van der Waals surface area contributed by atoms with Gasteiger partial charge in [-0.25, -0.2) is 0 Å². The molecule has 2 aliphatic rings. The van der Waals surface area contributed by atoms with Crippen LogP contribution in [0.1, 0.15) is 39.0 Å². The minimum Gasteiger partial charge on any atom is -0.403 e. The Labute approximate surface area is 139 Å². The van der Waals surface area contributed by atoms with Crippen molar-refractivity contribution in [2.24, 2.45) is 11.7 Å². The molecule has 0 amide bonds. The Bertz CT molecular complexity index is 508. The van der Waals surface area contributed by atoms with E-state index in [4.69, 9.17) is 17.3 Å². The summed E-state index contributed by atoms with van der Waals surface area (Å²) in [6.45, 7) is 8.60. The van der Waals surface area contributed by atoms with Crippen molar-refractivity contribution >= 4 is 11.6 Å². The highest BCUT2D eigenvalue weighted by Crippen LogP contribution is 2.32. The van der Waals surface area contributed by atoms with Crippen molar-refractivity contribution in [2.75, 3.05) is 20.1 Å². The van der Waals surface area contributed by atoms with Crippen molar-refractivity contribution in [1.82, 2.24) is 10.2 Å². The molecule has 22 heavy (non-hydrogen) atoms. The van der Waals surface area contributed by atoms with E-state index in [9.17, 15) is 0 Å². The monoisotopic (exact) mass is 321 g/mol. The molecule has 1 heterocycles. The molecule has 0 bridgehead atoms. The number of halogens is 1. The van der Waals surface area contributed by atoms with Crippen LogP contribution in [0.4, 0.5) is 0 Å². The molecule has 4 heteroatoms. The van der Waals surface area contributed by atoms with Crippen molar-refractivity contribution in [3.63, 3.8) is 0 Å². The van der Waals surface area contributed by atoms with Crippen LogP contribution in [-0.2, 0) is 0 Å². The first-order valence-electron chi connectivity index (χ1n) is 8.12. The van der Waals surface area contributed by atoms with E-state index in [0.717, 1.165) is 41.3 Å². The minimum absolute atomic E-state index is 0.693. The van der Waals surface area contributed by atoms with Crippen LogP contribution in [0.25, 0.3) is 0 Å². The summed E-state index contributed by atoms with van der Waals surface area (Å²) in [6.07, 6.45) is 9.24. The van der Waals surface area contributed by atoms with E-state index in [1.165, 1.54) is 31.5 Å². The minimum atomic E-state index is 0.693. The van der Waals surface area contributed by atoms with Crippen molar-refractivity contribution in [1.29, 1.82) is 0 Å². The van der Waals surface area contributed by atoms with Gasteiger partial charge in [0.05, 0.1) is 0 Å². The van der Waals surface area contributed by atoms with Crippen LogP contribution in [-0.4, -0.2) is 25.0 Å². The molecular formula is C18H28ClN3. The average Bonchev–Trinajstić information content (AvgIpc) is 2.48. The molecule has 1 fully saturated rings. The lowest BCUT2D eigenvalue weighted by Gasteiger charge is -2.30. The van der Waals surface area contributed by atoms with Gasteiger partial charge >= 0.3 is 0 Å². The lowest BCUT2D eigenvalue weighted by molar-refractivity contribution is 0.217. The Morgan fingerprint density at radius 3 is 2.77 bits per heavy atom. The van der Waals surface area contributed by atoms with Gasteiger partial charge < -0.3 is 16.0 Å². The van der Waals surface area contributed by atoms with Crippen LogP contribution >= 0.6 is 11.6 Å². The predicted octanol–water partition coefficient (Wildman–Crippen LogP) is 3.85. The first-order chi connectivity index (χ1) is 10.5. The molecule has 0 aromatic heterocycles. The van der Waals surface area contributed by atoms with Gasteiger partial charge in [0.15, 0.2) is 0 Å². The van der Waals surface area contributed by atoms with Crippen LogP contribution in [0.5, 0.6) is 0 Å². The van der Waals surface area contributed by atoms with Crippen LogP contribution < -0.4 is 11.1 Å². The lowest BCUT2D eigenvalue weighted by Crippen LogP contribution is -2.31. The second-order valence-electron chi connectivity index (χ2n) is 6.45. The first kappa shape index (κ1) is 17.2. The summed E-state index contributed by atoms with van der Waals surface area (Å²) in [7, 11) is 2.18. The van der Waals surface area contributed by atoms with E-state index in [0.29, 0.717) is 5.92 Å². The molecule has 0 spiro atoms. The molecule has 0 unspecified atom stereocenters. The number of likely N-dealkylation sites (tertiary alicyclic amines) is 1. The topological polar surface area (TPSA) is 41.3 Å². The maximum atomic E-state index is 6.39. The summed E-state index contributed by atoms with van der Waals surface area (Å²) in [4.78, 5) is 2.38. The molecule has 3 nitrogen and oxygen atoms in total. The van der Waals surface area contributed by atoms with Crippen LogP contribution in [0.2, 0.25) is 0 Å². The number of hydrogen-bond donors (Lipinski definition) is 2. The Morgan fingerprint density at radius 2 is 2.18 bits per heavy atom. The van der Waals surface area contributed by atoms with E-state index in [-0.39, 0.29) is 0 Å². The number of rotatable bonds is 5. The van der Waals surface area contributed by atoms with E-state index >= 15 is 0 Å². The van der Waals surface area contributed by atoms with Gasteiger partial charge in [-0.2, -0.15) is 0 Å². The molecule has 1 saturated heterocycles. The summed E-state index contributed by atoms with van der Waals surface area (Å²) in [5, 5.41) is 4.30. The maximum absolute atomic E-state index is 6.39. The van der Waals surface area contributed by atoms with Gasteiger partial charge in [0.1, 0.15) is 0 Å². The molecule has 0 radical (unpaired) electrons. The van der Waals surface area contributed by atoms with Crippen molar-refractivity contribution in [3.05, 3.63) is 46.4 Å². The third kappa shape index (κ3) is 4.40. The predicted molar refractivity (Wildman–Crippen MR) is 95.3 cm³/mol. The molecule has 2 rings (SSSR count). The number of nitrogens with zero attached hydrogens (tertiary/aromatic N) is 1. The number of allylic oxidation sites excluding steroid dienone is 4. The number of hydrogen-bond acceptors (Lipinski definition) is 3. The third-order valence-corrected chi connectivity index (χ3v) is 5.02. The SMILES string of the molecule is C=C(N/C(=C/N)CC1CCN(C)CC1)C1=C(Cl)CCC=C1C. The standard InChI is InChI=1S/C18H28ClN3/c1-13-5-4-6-17(19)18(13)14(2)21-16(12-20)11-15-7-9-22(3)10-8-15/h5,12,15,21H,2,4,6-11,20H2,1,3H3/b16-12+. The lowest BCUT2D eigenvalue weighted by atomic mass is 9.92. The third-order valence-electron chi connectivity index (χ3n) is 4.64. The average molecular weight is 322 g/mol. The van der Waals surface area contributed by atoms with Crippen molar-refractivity contribution in [2.45, 2.75) is 39.0 Å². The highest BCUT2D eigenvalue weighted by molar-refractivity contribution is 6.30. The van der Waals surface area contributed by atoms with Gasteiger partial charge in [-0.15, -0.1) is 0 Å². The summed E-state index contributed by atoms with van der Waals surface area (Å²) in [5.41, 5.74) is 9.99. The summed E-state index contributed by atoms with van der Waals surface area (Å²) < 4.78 is 0. The van der Waals surface area contributed by atoms with Crippen LogP contribution in [0, 0.1) is 5.92 Å². The van der Waals surface area contributed by atoms with Gasteiger partial charge in [0, 0.05) is 28.2 Å². The molecule has 3 N–H and O–H groups in total. The molecule has 122 valence electrons. The van der Waals surface area contributed by atoms with Gasteiger partial charge in [-0.05, 0) is 70.7 Å². The van der Waals surface area contributed by atoms with E-state index in [1.54, 1.807) is 6.20 Å². The Hall–Kier alpha value is -1.19. The van der Waals surface area contributed by atoms with Gasteiger partial charge in [0.2, 0.25) is 0 Å². The summed E-state index contributed by atoms with van der Waals surface area (Å²) in [6, 6.07) is 0. The van der Waals surface area contributed by atoms with E-state index in [2.05, 4.69) is 36.8 Å². The van der Waals surface area contributed by atoms with E-state index in [1.807, 2.05) is 0 Å². The molecule has 0 saturated carbocycles. The zero-order valence-corrected chi connectivity index (χ0v) is 14.5. The molecule has 0 aromatic carbocycles. The van der Waals surface area contributed by atoms with Crippen LogP contribution in [0.15, 0.2) is 46.4 Å². The smallest absolute Gasteiger partial charge is 0.0397 e. The van der Waals surface area contributed by atoms with Crippen LogP contribution in [0.3, 0.4) is 0 Å². The maximum Gasteiger partial charge on any atom is 0.0397 e. The summed E-state index contributed by atoms with van der Waals surface area (Å²) >= 11 is 6.39. The van der Waals surface area contributed by atoms with Crippen molar-refractivity contribution in [3.8, 4) is 0 Å². The molecular weight excluding hydrogens is 294 g/mol. The van der Waals surface area contributed by atoms with Crippen molar-refractivity contribution < 1.29 is 0 Å². The number of nitrogens with two attached hydrogens (primary N) is 1. The highest BCUT2D eigenvalue weighted by atomic mass is 35.5. The van der Waals surface area contributed by atoms with Gasteiger partial charge in [0.25, 0.3) is 0 Å². The highest BCUT2D eigenvalue weighted by Gasteiger charge is 2.20. The fourth-order valence-electron chi connectivity index (χ4n) is 3.25. The fourth-order valence-corrected chi connectivity index (χ4v) is 3.62. The number of piperidine rings is 1. The summed E-state index contributed by atoms with van der Waals surface area (Å²) in [5.74, 6) is 0.693. The second-order valence-corrected chi connectivity index (χ2v) is 6.91. The Kier molecular flexibility index (Phi) is 6.16. The Balaban J connectivity index is 1.96. The fraction of sp³-hybridized carbons (Fsp3) is 0.556. The van der Waals surface area contributed by atoms with Gasteiger partial charge in [-0.3, -0.25) is 0 Å². The zero-order chi connectivity index (χ0) is 16.1. The quantitative estimate of drug-likeness (QED) is 0.808. The van der Waals surface area contributed by atoms with Gasteiger partial charge in [-0.1, -0.05) is 24.3 Å².